The van der Waals surface area contributed by atoms with Gasteiger partial charge in [0.1, 0.15) is 5.75 Å². The number of carboxylic acids is 1. The van der Waals surface area contributed by atoms with Gasteiger partial charge in [0.05, 0.1) is 16.9 Å². The van der Waals surface area contributed by atoms with Crippen LogP contribution in [0.15, 0.2) is 84.0 Å². The summed E-state index contributed by atoms with van der Waals surface area (Å²) in [7, 11) is 0. The predicted octanol–water partition coefficient (Wildman–Crippen LogP) is 6.52. The molecule has 1 aliphatic rings. The number of para-hydroxylation sites is 1. The number of aryl methyl sites for hydroxylation is 2. The molecule has 0 aliphatic carbocycles. The monoisotopic (exact) mass is 511 g/mol. The molecule has 0 saturated heterocycles. The molecular weight excluding hydrogens is 490 g/mol. The number of carbonyl (C=O) groups excluding carboxylic acids is 1. The maximum absolute atomic E-state index is 13.6. The standard InChI is InChI=1S/C29H22ClN3O4/c1-16-9-11-21(13-17(16)2)33-25-15-20(30)10-12-23(25)26(28(33)35)32-31-24-8-4-7-22(27(24)34)18-5-3-6-19(14-18)29(36)37/h3-15,31,34H,1-2H3,(H,36,37)/b32-26-. The minimum Gasteiger partial charge on any atom is -0.505 e. The Hall–Kier alpha value is -4.62. The average molecular weight is 512 g/mol. The van der Waals surface area contributed by atoms with Crippen LogP contribution in [0.3, 0.4) is 0 Å². The van der Waals surface area contributed by atoms with Gasteiger partial charge in [0, 0.05) is 21.8 Å². The summed E-state index contributed by atoms with van der Waals surface area (Å²) in [5.41, 5.74) is 8.39. The minimum absolute atomic E-state index is 0.105. The first-order valence-electron chi connectivity index (χ1n) is 11.5. The zero-order valence-corrected chi connectivity index (χ0v) is 20.7. The van der Waals surface area contributed by atoms with Crippen molar-refractivity contribution in [3.63, 3.8) is 0 Å². The van der Waals surface area contributed by atoms with Crippen molar-refractivity contribution >= 4 is 46.3 Å². The number of phenolic OH excluding ortho intramolecular Hbond substituents is 1. The van der Waals surface area contributed by atoms with E-state index in [1.54, 1.807) is 53.4 Å². The van der Waals surface area contributed by atoms with E-state index in [-0.39, 0.29) is 28.6 Å². The van der Waals surface area contributed by atoms with Gasteiger partial charge in [0.15, 0.2) is 5.71 Å². The average Bonchev–Trinajstić information content (AvgIpc) is 3.15. The quantitative estimate of drug-likeness (QED) is 0.209. The van der Waals surface area contributed by atoms with Gasteiger partial charge in [-0.25, -0.2) is 4.79 Å². The van der Waals surface area contributed by atoms with Crippen molar-refractivity contribution in [3.8, 4) is 16.9 Å². The molecule has 0 unspecified atom stereocenters. The lowest BCUT2D eigenvalue weighted by Crippen LogP contribution is -2.26. The molecule has 5 rings (SSSR count). The number of hydrogen-bond donors (Lipinski definition) is 3. The van der Waals surface area contributed by atoms with Gasteiger partial charge in [0.25, 0.3) is 5.91 Å². The highest BCUT2D eigenvalue weighted by molar-refractivity contribution is 6.56. The Morgan fingerprint density at radius 2 is 1.70 bits per heavy atom. The van der Waals surface area contributed by atoms with Gasteiger partial charge in [-0.15, -0.1) is 0 Å². The van der Waals surface area contributed by atoms with E-state index in [0.29, 0.717) is 33.1 Å². The van der Waals surface area contributed by atoms with Crippen LogP contribution in [0.25, 0.3) is 11.1 Å². The van der Waals surface area contributed by atoms with Gasteiger partial charge < -0.3 is 10.2 Å². The highest BCUT2D eigenvalue weighted by Crippen LogP contribution is 2.39. The van der Waals surface area contributed by atoms with Crippen molar-refractivity contribution in [3.05, 3.63) is 106 Å². The third-order valence-corrected chi connectivity index (χ3v) is 6.59. The summed E-state index contributed by atoms with van der Waals surface area (Å²) in [6.45, 7) is 3.99. The molecular formula is C29H22ClN3O4. The number of rotatable bonds is 5. The Morgan fingerprint density at radius 1 is 0.919 bits per heavy atom. The first kappa shape index (κ1) is 24.1. The van der Waals surface area contributed by atoms with Crippen LogP contribution in [0.2, 0.25) is 5.02 Å². The maximum Gasteiger partial charge on any atom is 0.335 e. The fourth-order valence-corrected chi connectivity index (χ4v) is 4.42. The van der Waals surface area contributed by atoms with Crippen molar-refractivity contribution in [1.82, 2.24) is 0 Å². The van der Waals surface area contributed by atoms with Gasteiger partial charge in [-0.3, -0.25) is 15.1 Å². The topological polar surface area (TPSA) is 102 Å². The predicted molar refractivity (Wildman–Crippen MR) is 145 cm³/mol. The molecule has 0 bridgehead atoms. The number of halogens is 1. The normalized spacial score (nSPS) is 13.6. The molecule has 0 saturated carbocycles. The Morgan fingerprint density at radius 3 is 2.46 bits per heavy atom. The number of benzene rings is 4. The second-order valence-electron chi connectivity index (χ2n) is 8.73. The molecule has 184 valence electrons. The third kappa shape index (κ3) is 4.41. The molecule has 1 heterocycles. The second kappa shape index (κ2) is 9.44. The van der Waals surface area contributed by atoms with Gasteiger partial charge in [0.2, 0.25) is 0 Å². The van der Waals surface area contributed by atoms with E-state index in [0.717, 1.165) is 11.1 Å². The SMILES string of the molecule is Cc1ccc(N2C(=O)/C(=N\Nc3cccc(-c4cccc(C(=O)O)c4)c3O)c3ccc(Cl)cc32)cc1C. The zero-order valence-electron chi connectivity index (χ0n) is 20.0. The molecule has 0 aromatic heterocycles. The van der Waals surface area contributed by atoms with Crippen LogP contribution in [0.5, 0.6) is 5.75 Å². The summed E-state index contributed by atoms with van der Waals surface area (Å²) in [5, 5.41) is 25.1. The Bertz CT molecular complexity index is 1610. The van der Waals surface area contributed by atoms with Crippen molar-refractivity contribution in [1.29, 1.82) is 0 Å². The zero-order chi connectivity index (χ0) is 26.3. The van der Waals surface area contributed by atoms with Crippen LogP contribution in [0.1, 0.15) is 27.0 Å². The van der Waals surface area contributed by atoms with Gasteiger partial charge in [-0.1, -0.05) is 41.9 Å². The number of carboxylic acid groups (broad SMARTS) is 1. The van der Waals surface area contributed by atoms with Crippen molar-refractivity contribution < 1.29 is 19.8 Å². The molecule has 1 amide bonds. The van der Waals surface area contributed by atoms with E-state index < -0.39 is 5.97 Å². The summed E-state index contributed by atoms with van der Waals surface area (Å²) in [5.74, 6) is -1.52. The van der Waals surface area contributed by atoms with Crippen LogP contribution in [-0.4, -0.2) is 27.8 Å². The lowest BCUT2D eigenvalue weighted by Gasteiger charge is -2.18. The number of hydrazone groups is 1. The number of aromatic hydroxyl groups is 1. The lowest BCUT2D eigenvalue weighted by atomic mass is 10.0. The lowest BCUT2D eigenvalue weighted by molar-refractivity contribution is -0.111. The van der Waals surface area contributed by atoms with Crippen LogP contribution < -0.4 is 10.3 Å². The molecule has 3 N–H and O–H groups in total. The number of fused-ring (bicyclic) bond motifs is 1. The molecule has 0 radical (unpaired) electrons. The molecule has 0 atom stereocenters. The number of hydrogen-bond acceptors (Lipinski definition) is 5. The second-order valence-corrected chi connectivity index (χ2v) is 9.17. The number of phenols is 1. The fraction of sp³-hybridized carbons (Fsp3) is 0.0690. The van der Waals surface area contributed by atoms with Crippen molar-refractivity contribution in [2.45, 2.75) is 13.8 Å². The van der Waals surface area contributed by atoms with E-state index in [2.05, 4.69) is 10.5 Å². The Balaban J connectivity index is 1.53. The van der Waals surface area contributed by atoms with Crippen molar-refractivity contribution in [2.24, 2.45) is 5.10 Å². The Kier molecular flexibility index (Phi) is 6.15. The van der Waals surface area contributed by atoms with Crippen LogP contribution in [-0.2, 0) is 4.79 Å². The molecule has 0 fully saturated rings. The number of nitrogens with zero attached hydrogens (tertiary/aromatic N) is 2. The molecule has 7 nitrogen and oxygen atoms in total. The minimum atomic E-state index is -1.06. The van der Waals surface area contributed by atoms with Gasteiger partial charge in [-0.2, -0.15) is 5.10 Å². The van der Waals surface area contributed by atoms with E-state index in [4.69, 9.17) is 11.6 Å². The third-order valence-electron chi connectivity index (χ3n) is 6.35. The highest BCUT2D eigenvalue weighted by atomic mass is 35.5. The smallest absolute Gasteiger partial charge is 0.335 e. The van der Waals surface area contributed by atoms with Gasteiger partial charge >= 0.3 is 5.97 Å². The van der Waals surface area contributed by atoms with Crippen LogP contribution >= 0.6 is 11.6 Å². The molecule has 1 aliphatic heterocycles. The largest absolute Gasteiger partial charge is 0.505 e. The number of anilines is 3. The van der Waals surface area contributed by atoms with E-state index >= 15 is 0 Å². The number of aromatic carboxylic acids is 1. The van der Waals surface area contributed by atoms with Crippen LogP contribution in [0.4, 0.5) is 17.1 Å². The molecule has 37 heavy (non-hydrogen) atoms. The van der Waals surface area contributed by atoms with Crippen LogP contribution in [0, 0.1) is 13.8 Å². The summed E-state index contributed by atoms with van der Waals surface area (Å²) >= 11 is 6.26. The molecule has 0 spiro atoms. The fourth-order valence-electron chi connectivity index (χ4n) is 4.25. The molecule has 4 aromatic carbocycles. The highest BCUT2D eigenvalue weighted by Gasteiger charge is 2.35. The first-order chi connectivity index (χ1) is 17.7. The summed E-state index contributed by atoms with van der Waals surface area (Å²) in [6, 6.07) is 22.2. The van der Waals surface area contributed by atoms with Crippen molar-refractivity contribution in [2.75, 3.05) is 10.3 Å². The van der Waals surface area contributed by atoms with E-state index in [9.17, 15) is 19.8 Å². The molecule has 8 heteroatoms. The number of amides is 1. The van der Waals surface area contributed by atoms with E-state index in [1.807, 2.05) is 32.0 Å². The summed E-state index contributed by atoms with van der Waals surface area (Å²) in [4.78, 5) is 26.5. The summed E-state index contributed by atoms with van der Waals surface area (Å²) < 4.78 is 0. The molecule has 4 aromatic rings. The first-order valence-corrected chi connectivity index (χ1v) is 11.8. The summed E-state index contributed by atoms with van der Waals surface area (Å²) in [6.07, 6.45) is 0. The number of nitrogens with one attached hydrogen (secondary N) is 1. The number of carbonyl (C=O) groups is 2. The van der Waals surface area contributed by atoms with Gasteiger partial charge in [-0.05, 0) is 79.1 Å². The van der Waals surface area contributed by atoms with E-state index in [1.165, 1.54) is 12.1 Å². The maximum atomic E-state index is 13.6. The Labute approximate surface area is 218 Å².